The van der Waals surface area contributed by atoms with Crippen LogP contribution in [0.3, 0.4) is 0 Å². The second-order valence-corrected chi connectivity index (χ2v) is 5.06. The molecule has 0 spiro atoms. The predicted octanol–water partition coefficient (Wildman–Crippen LogP) is 3.41. The van der Waals surface area contributed by atoms with Gasteiger partial charge in [-0.3, -0.25) is 9.20 Å². The largest absolute Gasteiger partial charge is 0.310 e. The Hall–Kier alpha value is -2.14. The molecule has 0 aliphatic rings. The molecule has 5 heteroatoms. The van der Waals surface area contributed by atoms with Crippen molar-refractivity contribution in [1.29, 1.82) is 0 Å². The fraction of sp³-hybridized carbons (Fsp3) is 0.143. The number of rotatable bonds is 3. The highest BCUT2D eigenvalue weighted by atomic mass is 32.1. The number of amides is 1. The van der Waals surface area contributed by atoms with E-state index in [-0.39, 0.29) is 5.91 Å². The monoisotopic (exact) mass is 271 g/mol. The Morgan fingerprint density at radius 1 is 1.37 bits per heavy atom. The van der Waals surface area contributed by atoms with E-state index in [0.717, 1.165) is 22.0 Å². The van der Waals surface area contributed by atoms with Gasteiger partial charge in [0, 0.05) is 12.6 Å². The zero-order valence-corrected chi connectivity index (χ0v) is 11.3. The van der Waals surface area contributed by atoms with Crippen LogP contribution in [0.2, 0.25) is 0 Å². The fourth-order valence-electron chi connectivity index (χ4n) is 1.92. The molecule has 3 aromatic heterocycles. The third kappa shape index (κ3) is 2.13. The molecule has 0 bridgehead atoms. The van der Waals surface area contributed by atoms with Crippen molar-refractivity contribution in [2.45, 2.75) is 13.3 Å². The van der Waals surface area contributed by atoms with Gasteiger partial charge in [0.15, 0.2) is 0 Å². The summed E-state index contributed by atoms with van der Waals surface area (Å²) in [4.78, 5) is 17.3. The van der Waals surface area contributed by atoms with Crippen LogP contribution in [-0.2, 0) is 4.79 Å². The first kappa shape index (κ1) is 11.9. The van der Waals surface area contributed by atoms with Crippen molar-refractivity contribution in [3.05, 3.63) is 41.9 Å². The second-order valence-electron chi connectivity index (χ2n) is 4.12. The van der Waals surface area contributed by atoms with E-state index in [2.05, 4.69) is 10.3 Å². The van der Waals surface area contributed by atoms with Gasteiger partial charge in [0.25, 0.3) is 0 Å². The van der Waals surface area contributed by atoms with Gasteiger partial charge in [0.2, 0.25) is 5.91 Å². The van der Waals surface area contributed by atoms with Crippen molar-refractivity contribution in [2.24, 2.45) is 0 Å². The van der Waals surface area contributed by atoms with Crippen LogP contribution in [0.1, 0.15) is 13.3 Å². The summed E-state index contributed by atoms with van der Waals surface area (Å²) < 4.78 is 1.91. The summed E-state index contributed by atoms with van der Waals surface area (Å²) in [5.74, 6) is 0.730. The number of pyridine rings is 1. The minimum atomic E-state index is -0.0107. The lowest BCUT2D eigenvalue weighted by atomic mass is 10.3. The quantitative estimate of drug-likeness (QED) is 0.793. The molecule has 3 aromatic rings. The van der Waals surface area contributed by atoms with Crippen molar-refractivity contribution in [3.63, 3.8) is 0 Å². The van der Waals surface area contributed by atoms with Gasteiger partial charge in [-0.25, -0.2) is 4.98 Å². The Morgan fingerprint density at radius 3 is 3.00 bits per heavy atom. The first-order valence-corrected chi connectivity index (χ1v) is 6.98. The molecule has 0 radical (unpaired) electrons. The maximum Gasteiger partial charge on any atom is 0.225 e. The molecule has 1 amide bonds. The zero-order valence-electron chi connectivity index (χ0n) is 10.5. The molecule has 0 aromatic carbocycles. The van der Waals surface area contributed by atoms with Crippen LogP contribution < -0.4 is 5.32 Å². The van der Waals surface area contributed by atoms with Crippen LogP contribution in [0.15, 0.2) is 41.9 Å². The molecule has 0 saturated heterocycles. The molecule has 0 aliphatic carbocycles. The minimum absolute atomic E-state index is 0.0107. The molecule has 0 aliphatic heterocycles. The van der Waals surface area contributed by atoms with Gasteiger partial charge in [-0.05, 0) is 23.6 Å². The van der Waals surface area contributed by atoms with E-state index in [1.54, 1.807) is 11.3 Å². The normalized spacial score (nSPS) is 10.8. The number of imidazole rings is 1. The molecule has 3 rings (SSSR count). The van der Waals surface area contributed by atoms with Gasteiger partial charge in [-0.1, -0.05) is 19.1 Å². The maximum absolute atomic E-state index is 11.7. The van der Waals surface area contributed by atoms with Crippen molar-refractivity contribution < 1.29 is 4.79 Å². The average Bonchev–Trinajstić information content (AvgIpc) is 3.06. The van der Waals surface area contributed by atoms with Crippen LogP contribution in [0.5, 0.6) is 0 Å². The summed E-state index contributed by atoms with van der Waals surface area (Å²) in [6, 6.07) is 9.78. The maximum atomic E-state index is 11.7. The number of aromatic nitrogens is 2. The number of carbonyl (C=O) groups excluding carboxylic acids is 1. The Morgan fingerprint density at radius 2 is 2.26 bits per heavy atom. The lowest BCUT2D eigenvalue weighted by Gasteiger charge is -2.05. The number of hydrogen-bond donors (Lipinski definition) is 1. The van der Waals surface area contributed by atoms with Gasteiger partial charge in [-0.2, -0.15) is 0 Å². The molecular weight excluding hydrogens is 258 g/mol. The van der Waals surface area contributed by atoms with Crippen LogP contribution in [-0.4, -0.2) is 15.3 Å². The van der Waals surface area contributed by atoms with Crippen molar-refractivity contribution in [3.8, 4) is 10.6 Å². The van der Waals surface area contributed by atoms with Gasteiger partial charge < -0.3 is 5.32 Å². The highest BCUT2D eigenvalue weighted by Crippen LogP contribution is 2.31. The third-order valence-electron chi connectivity index (χ3n) is 2.86. The number of fused-ring (bicyclic) bond motifs is 1. The van der Waals surface area contributed by atoms with Crippen molar-refractivity contribution in [2.75, 3.05) is 5.32 Å². The third-order valence-corrected chi connectivity index (χ3v) is 3.74. The molecule has 0 fully saturated rings. The molecule has 0 unspecified atom stereocenters. The fourth-order valence-corrected chi connectivity index (χ4v) is 2.64. The van der Waals surface area contributed by atoms with Gasteiger partial charge in [0.1, 0.15) is 17.2 Å². The predicted molar refractivity (Wildman–Crippen MR) is 77.4 cm³/mol. The van der Waals surface area contributed by atoms with E-state index >= 15 is 0 Å². The molecule has 96 valence electrons. The van der Waals surface area contributed by atoms with Crippen LogP contribution in [0.25, 0.3) is 16.2 Å². The summed E-state index contributed by atoms with van der Waals surface area (Å²) in [5.41, 5.74) is 1.65. The highest BCUT2D eigenvalue weighted by Gasteiger charge is 2.15. The Kier molecular flexibility index (Phi) is 3.05. The van der Waals surface area contributed by atoms with E-state index in [1.807, 2.05) is 53.2 Å². The molecule has 3 heterocycles. The summed E-state index contributed by atoms with van der Waals surface area (Å²) in [5, 5.41) is 4.94. The van der Waals surface area contributed by atoms with E-state index in [4.69, 9.17) is 0 Å². The second kappa shape index (κ2) is 4.85. The topological polar surface area (TPSA) is 46.4 Å². The van der Waals surface area contributed by atoms with E-state index in [9.17, 15) is 4.79 Å². The first-order chi connectivity index (χ1) is 9.29. The highest BCUT2D eigenvalue weighted by molar-refractivity contribution is 7.13. The molecule has 4 nitrogen and oxygen atoms in total. The van der Waals surface area contributed by atoms with Gasteiger partial charge in [-0.15, -0.1) is 11.3 Å². The van der Waals surface area contributed by atoms with Gasteiger partial charge in [0.05, 0.1) is 4.88 Å². The Balaban J connectivity index is 2.19. The van der Waals surface area contributed by atoms with Crippen molar-refractivity contribution in [1.82, 2.24) is 9.38 Å². The van der Waals surface area contributed by atoms with Crippen LogP contribution >= 0.6 is 11.3 Å². The molecular formula is C14H13N3OS. The molecule has 1 N–H and O–H groups in total. The lowest BCUT2D eigenvalue weighted by Crippen LogP contribution is -2.11. The van der Waals surface area contributed by atoms with Crippen molar-refractivity contribution >= 4 is 28.7 Å². The van der Waals surface area contributed by atoms with E-state index < -0.39 is 0 Å². The number of anilines is 1. The van der Waals surface area contributed by atoms with E-state index in [1.165, 1.54) is 0 Å². The Bertz CT molecular complexity index is 715. The van der Waals surface area contributed by atoms with Crippen LogP contribution in [0.4, 0.5) is 5.82 Å². The summed E-state index contributed by atoms with van der Waals surface area (Å²) in [7, 11) is 0. The van der Waals surface area contributed by atoms with E-state index in [0.29, 0.717) is 6.42 Å². The number of carbonyl (C=O) groups is 1. The van der Waals surface area contributed by atoms with Crippen LogP contribution in [0, 0.1) is 0 Å². The minimum Gasteiger partial charge on any atom is -0.310 e. The lowest BCUT2D eigenvalue weighted by molar-refractivity contribution is -0.115. The summed E-state index contributed by atoms with van der Waals surface area (Å²) in [6.07, 6.45) is 2.36. The number of thiophene rings is 1. The molecule has 0 atom stereocenters. The number of hydrogen-bond acceptors (Lipinski definition) is 3. The first-order valence-electron chi connectivity index (χ1n) is 6.10. The number of nitrogens with one attached hydrogen (secondary N) is 1. The molecule has 0 saturated carbocycles. The number of nitrogens with zero attached hydrogens (tertiary/aromatic N) is 2. The summed E-state index contributed by atoms with van der Waals surface area (Å²) in [6.45, 7) is 1.84. The average molecular weight is 271 g/mol. The van der Waals surface area contributed by atoms with Gasteiger partial charge >= 0.3 is 0 Å². The Labute approximate surface area is 114 Å². The summed E-state index contributed by atoms with van der Waals surface area (Å²) >= 11 is 1.61. The SMILES string of the molecule is CCC(=O)Nc1c(-c2cccs2)nc2ccccn12. The smallest absolute Gasteiger partial charge is 0.225 e. The standard InChI is InChI=1S/C14H13N3OS/c1-2-12(18)16-14-13(10-6-5-9-19-10)15-11-7-3-4-8-17(11)14/h3-9H,2H2,1H3,(H,16,18). The zero-order chi connectivity index (χ0) is 13.2. The molecule has 19 heavy (non-hydrogen) atoms.